The SMILES string of the molecule is CCn1c(SCC(=O)N2CCCC2)nnc1-c1ccc2c(c1)OCO2. The molecule has 8 heteroatoms. The molecular weight excluding hydrogens is 340 g/mol. The fourth-order valence-electron chi connectivity index (χ4n) is 3.11. The Balaban J connectivity index is 1.51. The average Bonchev–Trinajstić information content (AvgIpc) is 3.38. The predicted octanol–water partition coefficient (Wildman–Crippen LogP) is 2.41. The number of hydrogen-bond acceptors (Lipinski definition) is 6. The molecule has 0 unspecified atom stereocenters. The second-order valence-corrected chi connectivity index (χ2v) is 6.94. The van der Waals surface area contributed by atoms with Gasteiger partial charge in [0.15, 0.2) is 22.5 Å². The summed E-state index contributed by atoms with van der Waals surface area (Å²) < 4.78 is 12.8. The summed E-state index contributed by atoms with van der Waals surface area (Å²) in [6, 6.07) is 5.76. The maximum Gasteiger partial charge on any atom is 0.233 e. The molecule has 0 N–H and O–H groups in total. The summed E-state index contributed by atoms with van der Waals surface area (Å²) in [4.78, 5) is 14.2. The molecule has 0 spiro atoms. The zero-order chi connectivity index (χ0) is 17.2. The molecule has 132 valence electrons. The normalized spacial score (nSPS) is 15.8. The van der Waals surface area contributed by atoms with Crippen LogP contribution in [0.4, 0.5) is 0 Å². The lowest BCUT2D eigenvalue weighted by Crippen LogP contribution is -2.29. The molecule has 1 aromatic carbocycles. The fraction of sp³-hybridized carbons (Fsp3) is 0.471. The van der Waals surface area contributed by atoms with E-state index in [0.29, 0.717) is 5.75 Å². The largest absolute Gasteiger partial charge is 0.454 e. The highest BCUT2D eigenvalue weighted by Crippen LogP contribution is 2.36. The van der Waals surface area contributed by atoms with Crippen LogP contribution in [0, 0.1) is 0 Å². The van der Waals surface area contributed by atoms with Crippen LogP contribution in [0.5, 0.6) is 11.5 Å². The molecule has 25 heavy (non-hydrogen) atoms. The number of carbonyl (C=O) groups excluding carboxylic acids is 1. The first-order valence-electron chi connectivity index (χ1n) is 8.50. The number of amides is 1. The van der Waals surface area contributed by atoms with Crippen molar-refractivity contribution in [3.05, 3.63) is 18.2 Å². The summed E-state index contributed by atoms with van der Waals surface area (Å²) in [5.74, 6) is 2.83. The van der Waals surface area contributed by atoms with Crippen molar-refractivity contribution in [2.45, 2.75) is 31.5 Å². The Bertz CT molecular complexity index is 786. The first-order chi connectivity index (χ1) is 12.3. The number of nitrogens with zero attached hydrogens (tertiary/aromatic N) is 4. The molecule has 2 aliphatic rings. The van der Waals surface area contributed by atoms with E-state index in [9.17, 15) is 4.79 Å². The molecule has 0 aliphatic carbocycles. The van der Waals surface area contributed by atoms with Gasteiger partial charge in [0.2, 0.25) is 12.7 Å². The van der Waals surface area contributed by atoms with E-state index >= 15 is 0 Å². The maximum absolute atomic E-state index is 12.2. The molecule has 4 rings (SSSR count). The molecule has 3 heterocycles. The highest BCUT2D eigenvalue weighted by atomic mass is 32.2. The van der Waals surface area contributed by atoms with Gasteiger partial charge in [-0.3, -0.25) is 4.79 Å². The predicted molar refractivity (Wildman–Crippen MR) is 93.8 cm³/mol. The lowest BCUT2D eigenvalue weighted by molar-refractivity contribution is -0.127. The Morgan fingerprint density at radius 1 is 1.20 bits per heavy atom. The van der Waals surface area contributed by atoms with Gasteiger partial charge in [-0.05, 0) is 38.0 Å². The molecule has 1 fully saturated rings. The molecule has 0 atom stereocenters. The second kappa shape index (κ2) is 6.95. The zero-order valence-electron chi connectivity index (χ0n) is 14.1. The molecule has 0 bridgehead atoms. The minimum absolute atomic E-state index is 0.179. The fourth-order valence-corrected chi connectivity index (χ4v) is 4.02. The van der Waals surface area contributed by atoms with Crippen molar-refractivity contribution < 1.29 is 14.3 Å². The highest BCUT2D eigenvalue weighted by molar-refractivity contribution is 7.99. The minimum atomic E-state index is 0.179. The molecule has 0 radical (unpaired) electrons. The maximum atomic E-state index is 12.2. The van der Waals surface area contributed by atoms with E-state index < -0.39 is 0 Å². The monoisotopic (exact) mass is 360 g/mol. The molecule has 1 amide bonds. The molecule has 2 aromatic rings. The number of thioether (sulfide) groups is 1. The van der Waals surface area contributed by atoms with E-state index in [0.717, 1.165) is 60.5 Å². The number of rotatable bonds is 5. The average molecular weight is 360 g/mol. The standard InChI is InChI=1S/C17H20N4O3S/c1-2-21-16(12-5-6-13-14(9-12)24-11-23-13)18-19-17(21)25-10-15(22)20-7-3-4-8-20/h5-6,9H,2-4,7-8,10-11H2,1H3. The van der Waals surface area contributed by atoms with Gasteiger partial charge in [-0.25, -0.2) is 0 Å². The third kappa shape index (κ3) is 3.18. The van der Waals surface area contributed by atoms with Gasteiger partial charge >= 0.3 is 0 Å². The lowest BCUT2D eigenvalue weighted by atomic mass is 10.2. The van der Waals surface area contributed by atoms with Crippen LogP contribution in [-0.4, -0.2) is 51.2 Å². The molecule has 2 aliphatic heterocycles. The number of carbonyl (C=O) groups is 1. The molecule has 7 nitrogen and oxygen atoms in total. The third-order valence-corrected chi connectivity index (χ3v) is 5.40. The summed E-state index contributed by atoms with van der Waals surface area (Å²) in [6.45, 7) is 4.78. The molecule has 0 saturated carbocycles. The number of hydrogen-bond donors (Lipinski definition) is 0. The quantitative estimate of drug-likeness (QED) is 0.763. The van der Waals surface area contributed by atoms with Gasteiger partial charge < -0.3 is 18.9 Å². The summed E-state index contributed by atoms with van der Waals surface area (Å²) in [5.41, 5.74) is 0.927. The second-order valence-electron chi connectivity index (χ2n) is 6.00. The first kappa shape index (κ1) is 16.3. The van der Waals surface area contributed by atoms with E-state index in [1.165, 1.54) is 11.8 Å². The van der Waals surface area contributed by atoms with E-state index in [1.54, 1.807) is 0 Å². The summed E-state index contributed by atoms with van der Waals surface area (Å²) in [5, 5.41) is 9.38. The first-order valence-corrected chi connectivity index (χ1v) is 9.48. The Kier molecular flexibility index (Phi) is 4.52. The Hall–Kier alpha value is -2.22. The topological polar surface area (TPSA) is 69.5 Å². The van der Waals surface area contributed by atoms with Gasteiger partial charge in [-0.1, -0.05) is 11.8 Å². The van der Waals surface area contributed by atoms with Crippen LogP contribution in [0.2, 0.25) is 0 Å². The highest BCUT2D eigenvalue weighted by Gasteiger charge is 2.21. The molecule has 1 saturated heterocycles. The van der Waals surface area contributed by atoms with Gasteiger partial charge in [0.05, 0.1) is 5.75 Å². The van der Waals surface area contributed by atoms with E-state index in [-0.39, 0.29) is 12.7 Å². The number of ether oxygens (including phenoxy) is 2. The van der Waals surface area contributed by atoms with Crippen LogP contribution in [0.3, 0.4) is 0 Å². The lowest BCUT2D eigenvalue weighted by Gasteiger charge is -2.14. The van der Waals surface area contributed by atoms with Crippen molar-refractivity contribution in [1.82, 2.24) is 19.7 Å². The van der Waals surface area contributed by atoms with Crippen LogP contribution in [0.1, 0.15) is 19.8 Å². The van der Waals surface area contributed by atoms with Crippen LogP contribution >= 0.6 is 11.8 Å². The summed E-state index contributed by atoms with van der Waals surface area (Å²) in [6.07, 6.45) is 2.21. The number of likely N-dealkylation sites (tertiary alicyclic amines) is 1. The van der Waals surface area contributed by atoms with Crippen molar-refractivity contribution in [3.8, 4) is 22.9 Å². The number of fused-ring (bicyclic) bond motifs is 1. The van der Waals surface area contributed by atoms with Crippen molar-refractivity contribution in [1.29, 1.82) is 0 Å². The number of benzene rings is 1. The summed E-state index contributed by atoms with van der Waals surface area (Å²) >= 11 is 1.45. The Morgan fingerprint density at radius 2 is 2.00 bits per heavy atom. The smallest absolute Gasteiger partial charge is 0.233 e. The van der Waals surface area contributed by atoms with Crippen LogP contribution in [0.25, 0.3) is 11.4 Å². The van der Waals surface area contributed by atoms with Crippen molar-refractivity contribution in [3.63, 3.8) is 0 Å². The molecule has 1 aromatic heterocycles. The Morgan fingerprint density at radius 3 is 2.80 bits per heavy atom. The van der Waals surface area contributed by atoms with Gasteiger partial charge in [0.1, 0.15) is 0 Å². The zero-order valence-corrected chi connectivity index (χ0v) is 14.9. The van der Waals surface area contributed by atoms with Crippen molar-refractivity contribution in [2.75, 3.05) is 25.6 Å². The Labute approximate surface area is 150 Å². The molecular formula is C17H20N4O3S. The number of aromatic nitrogens is 3. The minimum Gasteiger partial charge on any atom is -0.454 e. The van der Waals surface area contributed by atoms with Crippen LogP contribution in [0.15, 0.2) is 23.4 Å². The van der Waals surface area contributed by atoms with E-state index in [4.69, 9.17) is 9.47 Å². The van der Waals surface area contributed by atoms with Gasteiger partial charge in [0, 0.05) is 25.2 Å². The van der Waals surface area contributed by atoms with E-state index in [2.05, 4.69) is 10.2 Å². The van der Waals surface area contributed by atoms with E-state index in [1.807, 2.05) is 34.6 Å². The van der Waals surface area contributed by atoms with Gasteiger partial charge in [0.25, 0.3) is 0 Å². The van der Waals surface area contributed by atoms with Crippen molar-refractivity contribution >= 4 is 17.7 Å². The summed E-state index contributed by atoms with van der Waals surface area (Å²) in [7, 11) is 0. The van der Waals surface area contributed by atoms with Gasteiger partial charge in [-0.2, -0.15) is 0 Å². The third-order valence-electron chi connectivity index (χ3n) is 4.45. The van der Waals surface area contributed by atoms with Crippen LogP contribution < -0.4 is 9.47 Å². The van der Waals surface area contributed by atoms with Crippen LogP contribution in [-0.2, 0) is 11.3 Å². The van der Waals surface area contributed by atoms with Crippen molar-refractivity contribution in [2.24, 2.45) is 0 Å². The van der Waals surface area contributed by atoms with Gasteiger partial charge in [-0.15, -0.1) is 10.2 Å².